The lowest BCUT2D eigenvalue weighted by atomic mass is 9.61. The van der Waals surface area contributed by atoms with Crippen molar-refractivity contribution in [3.63, 3.8) is 0 Å². The lowest BCUT2D eigenvalue weighted by Gasteiger charge is -2.46. The second-order valence-corrected chi connectivity index (χ2v) is 12.2. The Morgan fingerprint density at radius 3 is 1.89 bits per heavy atom. The predicted octanol–water partition coefficient (Wildman–Crippen LogP) is 8.86. The molecule has 0 spiro atoms. The number of hydrogen-bond donors (Lipinski definition) is 0. The molecule has 2 heterocycles. The zero-order chi connectivity index (χ0) is 27.4. The number of benzene rings is 3. The molecule has 198 valence electrons. The number of aryl methyl sites for hydroxylation is 1. The Morgan fingerprint density at radius 1 is 0.763 bits per heavy atom. The number of fused-ring (bicyclic) bond motifs is 3. The topological polar surface area (TPSA) is 21.7 Å². The summed E-state index contributed by atoms with van der Waals surface area (Å²) >= 11 is 0. The molecule has 1 aromatic heterocycles. The fourth-order valence-corrected chi connectivity index (χ4v) is 6.73. The molecule has 0 radical (unpaired) electrons. The van der Waals surface area contributed by atoms with Crippen LogP contribution in [0, 0.1) is 6.92 Å². The van der Waals surface area contributed by atoms with Crippen LogP contribution in [0.5, 0.6) is 0 Å². The van der Waals surface area contributed by atoms with Crippen molar-refractivity contribution in [2.45, 2.75) is 97.9 Å². The number of nitrogens with zero attached hydrogens (tertiary/aromatic N) is 3. The van der Waals surface area contributed by atoms with Crippen LogP contribution in [0.3, 0.4) is 0 Å². The Morgan fingerprint density at radius 2 is 1.34 bits per heavy atom. The van der Waals surface area contributed by atoms with Crippen molar-refractivity contribution in [3.05, 3.63) is 89.0 Å². The molecule has 0 saturated carbocycles. The van der Waals surface area contributed by atoms with Crippen LogP contribution in [-0.4, -0.2) is 9.78 Å². The molecule has 0 fully saturated rings. The van der Waals surface area contributed by atoms with Crippen LogP contribution in [0.2, 0.25) is 0 Å². The predicted molar refractivity (Wildman–Crippen MR) is 159 cm³/mol. The van der Waals surface area contributed by atoms with E-state index in [4.69, 9.17) is 5.10 Å². The van der Waals surface area contributed by atoms with E-state index in [9.17, 15) is 0 Å². The van der Waals surface area contributed by atoms with Crippen LogP contribution < -0.4 is 4.57 Å². The third-order valence-electron chi connectivity index (χ3n) is 9.59. The summed E-state index contributed by atoms with van der Waals surface area (Å²) < 4.78 is 4.93. The van der Waals surface area contributed by atoms with Gasteiger partial charge >= 0.3 is 5.82 Å². The quantitative estimate of drug-likeness (QED) is 0.239. The largest absolute Gasteiger partial charge is 0.314 e. The van der Waals surface area contributed by atoms with Crippen molar-refractivity contribution in [2.75, 3.05) is 0 Å². The number of aromatic nitrogens is 3. The van der Waals surface area contributed by atoms with Crippen molar-refractivity contribution in [1.82, 2.24) is 9.78 Å². The Hall–Kier alpha value is -3.20. The third kappa shape index (κ3) is 3.61. The maximum Gasteiger partial charge on any atom is 0.314 e. The molecule has 5 rings (SSSR count). The van der Waals surface area contributed by atoms with E-state index in [-0.39, 0.29) is 11.0 Å². The van der Waals surface area contributed by atoms with Crippen LogP contribution >= 0.6 is 0 Å². The number of rotatable bonds is 6. The molecule has 2 unspecified atom stereocenters. The highest BCUT2D eigenvalue weighted by molar-refractivity contribution is 5.68. The lowest BCUT2D eigenvalue weighted by molar-refractivity contribution is -0.574. The van der Waals surface area contributed by atoms with Gasteiger partial charge in [-0.15, -0.1) is 0 Å². The second-order valence-electron chi connectivity index (χ2n) is 12.2. The van der Waals surface area contributed by atoms with E-state index >= 15 is 0 Å². The zero-order valence-electron chi connectivity index (χ0n) is 24.8. The van der Waals surface area contributed by atoms with Crippen LogP contribution in [0.1, 0.15) is 102 Å². The van der Waals surface area contributed by atoms with Gasteiger partial charge in [0.05, 0.1) is 11.1 Å². The van der Waals surface area contributed by atoms with E-state index in [0.717, 1.165) is 18.7 Å². The highest BCUT2D eigenvalue weighted by Gasteiger charge is 2.57. The molecule has 0 N–H and O–H groups in total. The smallest absolute Gasteiger partial charge is 0.189 e. The molecule has 0 bridgehead atoms. The summed E-state index contributed by atoms with van der Waals surface area (Å²) in [5, 5.41) is 5.61. The van der Waals surface area contributed by atoms with E-state index in [1.807, 2.05) is 0 Å². The van der Waals surface area contributed by atoms with Crippen molar-refractivity contribution in [2.24, 2.45) is 0 Å². The van der Waals surface area contributed by atoms with Crippen molar-refractivity contribution < 1.29 is 4.57 Å². The zero-order valence-corrected chi connectivity index (χ0v) is 24.8. The average Bonchev–Trinajstić information content (AvgIpc) is 3.32. The van der Waals surface area contributed by atoms with Gasteiger partial charge in [0.2, 0.25) is 0 Å². The van der Waals surface area contributed by atoms with Crippen molar-refractivity contribution >= 4 is 0 Å². The monoisotopic (exact) mass is 506 g/mol. The first-order chi connectivity index (χ1) is 18.1. The summed E-state index contributed by atoms with van der Waals surface area (Å²) in [5.41, 5.74) is 8.96. The van der Waals surface area contributed by atoms with Gasteiger partial charge < -0.3 is 0 Å². The Bertz CT molecular complexity index is 1460. The van der Waals surface area contributed by atoms with E-state index in [0.29, 0.717) is 11.8 Å². The maximum atomic E-state index is 5.61. The molecule has 3 aromatic carbocycles. The van der Waals surface area contributed by atoms with Gasteiger partial charge in [-0.3, -0.25) is 0 Å². The van der Waals surface area contributed by atoms with Gasteiger partial charge in [-0.2, -0.15) is 4.57 Å². The van der Waals surface area contributed by atoms with Gasteiger partial charge in [-0.05, 0) is 72.9 Å². The summed E-state index contributed by atoms with van der Waals surface area (Å²) in [6.07, 6.45) is 2.05. The van der Waals surface area contributed by atoms with E-state index in [2.05, 4.69) is 138 Å². The van der Waals surface area contributed by atoms with Crippen LogP contribution in [0.25, 0.3) is 28.5 Å². The summed E-state index contributed by atoms with van der Waals surface area (Å²) in [6, 6.07) is 24.7. The first kappa shape index (κ1) is 26.4. The average molecular weight is 507 g/mol. The van der Waals surface area contributed by atoms with Gasteiger partial charge in [0.15, 0.2) is 0 Å². The van der Waals surface area contributed by atoms with Gasteiger partial charge in [-0.25, -0.2) is 0 Å². The fraction of sp³-hybridized carbons (Fsp3) is 0.429. The third-order valence-corrected chi connectivity index (χ3v) is 9.59. The first-order valence-electron chi connectivity index (χ1n) is 14.4. The summed E-state index contributed by atoms with van der Waals surface area (Å²) in [6.45, 7) is 21.0. The SMILES string of the molecule is CCC1(C)c2ccccc2-c2n(nc(-c3ccccc3C)[n+]2-c2c(C(C)C)cccc2C(C)C)C1(C)CC. The minimum atomic E-state index is -0.182. The molecule has 0 aliphatic carbocycles. The Labute approximate surface area is 229 Å². The maximum absolute atomic E-state index is 5.61. The van der Waals surface area contributed by atoms with E-state index < -0.39 is 0 Å². The highest BCUT2D eigenvalue weighted by atomic mass is 15.4. The minimum absolute atomic E-state index is 0.0450. The van der Waals surface area contributed by atoms with E-state index in [1.165, 1.54) is 44.9 Å². The van der Waals surface area contributed by atoms with Gasteiger partial charge in [0, 0.05) is 10.5 Å². The molecular weight excluding hydrogens is 462 g/mol. The number of hydrogen-bond acceptors (Lipinski definition) is 1. The molecule has 1 aliphatic heterocycles. The van der Waals surface area contributed by atoms with Crippen molar-refractivity contribution in [1.29, 1.82) is 0 Å². The normalized spacial score (nSPS) is 20.6. The van der Waals surface area contributed by atoms with Gasteiger partial charge in [0.1, 0.15) is 11.2 Å². The molecule has 38 heavy (non-hydrogen) atoms. The molecular formula is C35H44N3+. The van der Waals surface area contributed by atoms with Gasteiger partial charge in [0.25, 0.3) is 5.82 Å². The first-order valence-corrected chi connectivity index (χ1v) is 14.4. The Balaban J connectivity index is 2.04. The highest BCUT2D eigenvalue weighted by Crippen LogP contribution is 2.53. The van der Waals surface area contributed by atoms with Crippen LogP contribution in [0.15, 0.2) is 66.7 Å². The molecule has 0 saturated heterocycles. The minimum Gasteiger partial charge on any atom is -0.189 e. The molecule has 3 heteroatoms. The van der Waals surface area contributed by atoms with Gasteiger partial charge in [-0.1, -0.05) is 108 Å². The summed E-state index contributed by atoms with van der Waals surface area (Å²) in [7, 11) is 0. The molecule has 1 aliphatic rings. The molecule has 3 nitrogen and oxygen atoms in total. The van der Waals surface area contributed by atoms with Crippen LogP contribution in [0.4, 0.5) is 0 Å². The lowest BCUT2D eigenvalue weighted by Crippen LogP contribution is -2.54. The summed E-state index contributed by atoms with van der Waals surface area (Å²) in [4.78, 5) is 0. The van der Waals surface area contributed by atoms with E-state index in [1.54, 1.807) is 0 Å². The standard InChI is InChI=1S/C35H44N3/c1-10-34(8)30-22-15-14-19-29(30)33-37(31-26(23(3)4)20-16-21-27(31)24(5)6)32(28-18-13-12-17-25(28)7)36-38(33)35(34,9)11-2/h12-24H,10-11H2,1-9H3/q+1. The number of para-hydroxylation sites is 1. The van der Waals surface area contributed by atoms with Crippen LogP contribution in [-0.2, 0) is 11.0 Å². The molecule has 0 amide bonds. The second kappa shape index (κ2) is 9.52. The fourth-order valence-electron chi connectivity index (χ4n) is 6.73. The van der Waals surface area contributed by atoms with Crippen molar-refractivity contribution in [3.8, 4) is 28.5 Å². The molecule has 2 atom stereocenters. The Kier molecular flexibility index (Phi) is 6.62. The molecule has 4 aromatic rings. The summed E-state index contributed by atoms with van der Waals surface area (Å²) in [5.74, 6) is 3.00.